The highest BCUT2D eigenvalue weighted by Crippen LogP contribution is 2.17. The van der Waals surface area contributed by atoms with Crippen molar-refractivity contribution in [3.63, 3.8) is 0 Å². The largest absolute Gasteiger partial charge is 0.497 e. The number of thiol groups is 1. The van der Waals surface area contributed by atoms with Crippen molar-refractivity contribution in [1.82, 2.24) is 9.62 Å². The normalized spacial score (nSPS) is 14.4. The minimum atomic E-state index is -0.854. The number of hydrogen-bond donors (Lipinski definition) is 3. The molecule has 0 aromatic heterocycles. The number of aliphatic hydroxyl groups excluding tert-OH is 2. The van der Waals surface area contributed by atoms with Crippen LogP contribution in [0.3, 0.4) is 0 Å². The third-order valence-electron chi connectivity index (χ3n) is 5.00. The van der Waals surface area contributed by atoms with E-state index in [0.717, 1.165) is 28.2 Å². The van der Waals surface area contributed by atoms with Crippen molar-refractivity contribution < 1.29 is 24.5 Å². The molecule has 0 aliphatic carbocycles. The van der Waals surface area contributed by atoms with Crippen LogP contribution in [-0.2, 0) is 23.1 Å². The number of carbonyl (C=O) groups excluding carboxylic acids is 1. The molecule has 7 nitrogen and oxygen atoms in total. The predicted octanol–water partition coefficient (Wildman–Crippen LogP) is 3.35. The number of amides is 1. The lowest BCUT2D eigenvalue weighted by Gasteiger charge is -2.28. The molecule has 1 unspecified atom stereocenters. The van der Waals surface area contributed by atoms with Crippen molar-refractivity contribution in [2.24, 2.45) is 0 Å². The smallest absolute Gasteiger partial charge is 0.407 e. The second-order valence-electron chi connectivity index (χ2n) is 9.36. The van der Waals surface area contributed by atoms with Crippen molar-refractivity contribution in [2.75, 3.05) is 20.2 Å². The Morgan fingerprint density at radius 1 is 1.09 bits per heavy atom. The van der Waals surface area contributed by atoms with Crippen LogP contribution in [0.5, 0.6) is 5.75 Å². The molecule has 0 saturated heterocycles. The van der Waals surface area contributed by atoms with Gasteiger partial charge in [-0.2, -0.15) is 0 Å². The minimum Gasteiger partial charge on any atom is -0.497 e. The number of rotatable bonds is 12. The van der Waals surface area contributed by atoms with Gasteiger partial charge in [0.25, 0.3) is 0 Å². The zero-order valence-electron chi connectivity index (χ0n) is 20.8. The number of ether oxygens (including phenoxy) is 2. The molecule has 3 atom stereocenters. The molecule has 0 aliphatic rings. The van der Waals surface area contributed by atoms with E-state index >= 15 is 0 Å². The molecule has 1 amide bonds. The molecule has 34 heavy (non-hydrogen) atoms. The molecule has 0 aliphatic heterocycles. The van der Waals surface area contributed by atoms with E-state index in [1.165, 1.54) is 0 Å². The van der Waals surface area contributed by atoms with Crippen LogP contribution in [0.1, 0.15) is 39.7 Å². The van der Waals surface area contributed by atoms with Gasteiger partial charge in [-0.3, -0.25) is 0 Å². The molecule has 2 aromatic carbocycles. The molecule has 3 N–H and O–H groups in total. The Balaban J connectivity index is 2.15. The Bertz CT molecular complexity index is 856. The Morgan fingerprint density at radius 3 is 2.29 bits per heavy atom. The number of nitrogens with one attached hydrogen (secondary N) is 1. The Morgan fingerprint density at radius 2 is 1.74 bits per heavy atom. The molecule has 0 radical (unpaired) electrons. The maximum absolute atomic E-state index is 12.5. The lowest BCUT2D eigenvalue weighted by Crippen LogP contribution is -2.50. The fraction of sp³-hybridized carbons (Fsp3) is 0.500. The van der Waals surface area contributed by atoms with E-state index in [2.05, 4.69) is 9.62 Å². The summed E-state index contributed by atoms with van der Waals surface area (Å²) in [5, 5.41) is 23.9. The second kappa shape index (κ2) is 13.6. The molecule has 0 heterocycles. The third-order valence-corrected chi connectivity index (χ3v) is 6.17. The molecule has 0 bridgehead atoms. The van der Waals surface area contributed by atoms with Gasteiger partial charge in [0.1, 0.15) is 11.4 Å². The third kappa shape index (κ3) is 10.8. The van der Waals surface area contributed by atoms with E-state index in [4.69, 9.17) is 9.47 Å². The predicted molar refractivity (Wildman–Crippen MR) is 137 cm³/mol. The molecule has 2 aromatic rings. The summed E-state index contributed by atoms with van der Waals surface area (Å²) in [6, 6.07) is 16.9. The Kier molecular flexibility index (Phi) is 11.2. The summed E-state index contributed by atoms with van der Waals surface area (Å²) in [4.78, 5) is 13.6. The molecule has 0 fully saturated rings. The Labute approximate surface area is 207 Å². The van der Waals surface area contributed by atoms with Crippen LogP contribution in [0, 0.1) is 0 Å². The number of aliphatic hydroxyl groups is 2. The molecule has 0 spiro atoms. The van der Waals surface area contributed by atoms with Gasteiger partial charge < -0.3 is 25.0 Å². The van der Waals surface area contributed by atoms with E-state index in [-0.39, 0.29) is 0 Å². The van der Waals surface area contributed by atoms with Gasteiger partial charge in [-0.15, -0.1) is 4.31 Å². The number of hydrogen-bond acceptors (Lipinski definition) is 6. The molecule has 8 heteroatoms. The maximum atomic E-state index is 12.5. The zero-order valence-corrected chi connectivity index (χ0v) is 21.7. The quantitative estimate of drug-likeness (QED) is 0.312. The summed E-state index contributed by atoms with van der Waals surface area (Å²) in [6.45, 7) is 8.07. The maximum Gasteiger partial charge on any atom is 0.407 e. The highest BCUT2D eigenvalue weighted by atomic mass is 32.2. The average molecular weight is 492 g/mol. The summed E-state index contributed by atoms with van der Waals surface area (Å²) >= 11 is 0.895. The minimum absolute atomic E-state index is 0.313. The van der Waals surface area contributed by atoms with Crippen LogP contribution >= 0.6 is 0 Å². The molecule has 2 rings (SSSR count). The summed E-state index contributed by atoms with van der Waals surface area (Å²) in [7, 11) is 1.63. The van der Waals surface area contributed by atoms with Gasteiger partial charge in [0, 0.05) is 6.54 Å². The second-order valence-corrected chi connectivity index (χ2v) is 10.6. The lowest BCUT2D eigenvalue weighted by molar-refractivity contribution is 0.0402. The van der Waals surface area contributed by atoms with E-state index in [0.29, 0.717) is 25.9 Å². The van der Waals surface area contributed by atoms with Crippen molar-refractivity contribution in [3.8, 4) is 5.75 Å². The highest BCUT2D eigenvalue weighted by Gasteiger charge is 2.29. The Hall–Kier alpha value is -2.26. The number of alkyl carbamates (subject to hydrolysis) is 1. The standard InChI is InChI=1S/C26H38N2O5S/c1-19(29)15-16-28(34-22-13-11-21(32-5)12-14-22)18-24(30)23(17-20-9-7-6-8-10-20)27-25(31)33-26(2,3)4/h6-14,19,23-24,29-30H,15-18H2,1-5H3,(H,27,31)/p+1/t19?,23-,24+/m0/s1. The van der Waals surface area contributed by atoms with Crippen LogP contribution in [-0.4, -0.2) is 64.7 Å². The van der Waals surface area contributed by atoms with Crippen LogP contribution in [0.4, 0.5) is 4.79 Å². The van der Waals surface area contributed by atoms with Crippen molar-refractivity contribution >= 4 is 18.0 Å². The van der Waals surface area contributed by atoms with E-state index in [9.17, 15) is 15.0 Å². The number of methoxy groups -OCH3 is 1. The van der Waals surface area contributed by atoms with Crippen LogP contribution in [0.15, 0.2) is 59.5 Å². The van der Waals surface area contributed by atoms with Crippen LogP contribution < -0.4 is 10.1 Å². The lowest BCUT2D eigenvalue weighted by atomic mass is 10.0. The molecule has 0 saturated carbocycles. The summed E-state index contributed by atoms with van der Waals surface area (Å²) in [6.07, 6.45) is -0.835. The van der Waals surface area contributed by atoms with E-state index < -0.39 is 29.9 Å². The zero-order chi connectivity index (χ0) is 25.1. The van der Waals surface area contributed by atoms with Gasteiger partial charge in [0.15, 0.2) is 4.90 Å². The van der Waals surface area contributed by atoms with Crippen molar-refractivity contribution in [3.05, 3.63) is 60.2 Å². The highest BCUT2D eigenvalue weighted by molar-refractivity contribution is 7.76. The SMILES string of the molecule is COc1ccc([SH+]N(CCC(C)O)C[C@@H](O)[C@H](Cc2ccccc2)NC(=O)OC(C)(C)C)cc1. The van der Waals surface area contributed by atoms with Gasteiger partial charge >= 0.3 is 6.09 Å². The first kappa shape index (κ1) is 28.0. The van der Waals surface area contributed by atoms with Gasteiger partial charge in [-0.25, -0.2) is 4.79 Å². The number of benzene rings is 2. The van der Waals surface area contributed by atoms with Crippen LogP contribution in [0.25, 0.3) is 0 Å². The summed E-state index contributed by atoms with van der Waals surface area (Å²) in [5.41, 5.74) is 0.369. The average Bonchev–Trinajstić information content (AvgIpc) is 2.77. The fourth-order valence-electron chi connectivity index (χ4n) is 3.28. The fourth-order valence-corrected chi connectivity index (χ4v) is 4.36. The van der Waals surface area contributed by atoms with E-state index in [1.807, 2.05) is 54.6 Å². The first-order chi connectivity index (χ1) is 16.1. The van der Waals surface area contributed by atoms with E-state index in [1.54, 1.807) is 34.8 Å². The van der Waals surface area contributed by atoms with Crippen LogP contribution in [0.2, 0.25) is 0 Å². The van der Waals surface area contributed by atoms with Gasteiger partial charge in [-0.1, -0.05) is 30.3 Å². The first-order valence-electron chi connectivity index (χ1n) is 11.6. The molecular weight excluding hydrogens is 452 g/mol. The molecule has 188 valence electrons. The topological polar surface area (TPSA) is 91.3 Å². The van der Waals surface area contributed by atoms with Gasteiger partial charge in [0.05, 0.1) is 43.9 Å². The van der Waals surface area contributed by atoms with Crippen molar-refractivity contribution in [2.45, 2.75) is 69.3 Å². The number of carbonyl (C=O) groups is 1. The molecular formula is C26H39N2O5S+. The van der Waals surface area contributed by atoms with Gasteiger partial charge in [-0.05, 0) is 70.4 Å². The first-order valence-corrected chi connectivity index (χ1v) is 12.4. The summed E-state index contributed by atoms with van der Waals surface area (Å²) in [5.74, 6) is 0.777. The number of nitrogens with zero attached hydrogens (tertiary/aromatic N) is 1. The van der Waals surface area contributed by atoms with Gasteiger partial charge in [0.2, 0.25) is 0 Å². The van der Waals surface area contributed by atoms with Crippen molar-refractivity contribution in [1.29, 1.82) is 0 Å². The summed E-state index contributed by atoms with van der Waals surface area (Å²) < 4.78 is 12.7. The monoisotopic (exact) mass is 491 g/mol.